The van der Waals surface area contributed by atoms with Crippen LogP contribution in [0.1, 0.15) is 5.56 Å². The Hall–Kier alpha value is -1.16. The topological polar surface area (TPSA) is 88.3 Å². The maximum atomic E-state index is 12.2. The molecule has 0 aliphatic heterocycles. The second kappa shape index (κ2) is 5.45. The van der Waals surface area contributed by atoms with Gasteiger partial charge in [-0.05, 0) is 33.9 Å². The number of anilines is 2. The fourth-order valence-electron chi connectivity index (χ4n) is 1.41. The first-order valence-electron chi connectivity index (χ1n) is 5.35. The molecule has 2 aromatic heterocycles. The summed E-state index contributed by atoms with van der Waals surface area (Å²) in [7, 11) is -0.655. The second-order valence-electron chi connectivity index (χ2n) is 4.00. The average molecular weight is 318 g/mol. The van der Waals surface area contributed by atoms with Gasteiger partial charge in [-0.2, -0.15) is 15.7 Å². The molecule has 19 heavy (non-hydrogen) atoms. The lowest BCUT2D eigenvalue weighted by Crippen LogP contribution is -2.23. The third-order valence-electron chi connectivity index (χ3n) is 2.45. The van der Waals surface area contributed by atoms with Crippen molar-refractivity contribution in [2.75, 3.05) is 25.1 Å². The molecule has 2 heterocycles. The third-order valence-corrected chi connectivity index (χ3v) is 6.02. The van der Waals surface area contributed by atoms with E-state index >= 15 is 0 Å². The summed E-state index contributed by atoms with van der Waals surface area (Å²) in [5.74, 6) is 0.0338. The van der Waals surface area contributed by atoms with E-state index in [9.17, 15) is 8.42 Å². The Morgan fingerprint density at radius 2 is 2.21 bits per heavy atom. The lowest BCUT2D eigenvalue weighted by molar-refractivity contribution is 0.521. The molecule has 0 aromatic carbocycles. The van der Waals surface area contributed by atoms with Gasteiger partial charge in [0.1, 0.15) is 5.00 Å². The number of rotatable bonds is 5. The monoisotopic (exact) mass is 318 g/mol. The van der Waals surface area contributed by atoms with E-state index in [1.54, 1.807) is 11.3 Å². The Balaban J connectivity index is 2.28. The molecule has 0 aliphatic rings. The molecular formula is C10H14N4O2S3. The van der Waals surface area contributed by atoms with Crippen LogP contribution in [0, 0.1) is 0 Å². The SMILES string of the molecule is CN(C)S(=O)(=O)c1c(N)nsc1NCc1ccsc1. The number of hydrogen-bond acceptors (Lipinski definition) is 7. The summed E-state index contributed by atoms with van der Waals surface area (Å²) in [4.78, 5) is 0.0535. The number of nitrogens with one attached hydrogen (secondary N) is 1. The number of nitrogens with two attached hydrogens (primary N) is 1. The Bertz CT molecular complexity index is 646. The molecule has 0 saturated carbocycles. The average Bonchev–Trinajstić information content (AvgIpc) is 2.95. The molecule has 9 heteroatoms. The van der Waals surface area contributed by atoms with Crippen LogP contribution in [0.4, 0.5) is 10.8 Å². The highest BCUT2D eigenvalue weighted by Crippen LogP contribution is 2.33. The normalized spacial score (nSPS) is 11.9. The van der Waals surface area contributed by atoms with Gasteiger partial charge in [-0.3, -0.25) is 0 Å². The minimum absolute atomic E-state index is 0.0338. The standard InChI is InChI=1S/C10H14N4O2S3/c1-14(2)19(15,16)8-9(11)13-18-10(8)12-5-7-3-4-17-6-7/h3-4,6,12H,5H2,1-2H3,(H2,11,13). The van der Waals surface area contributed by atoms with E-state index in [2.05, 4.69) is 9.69 Å². The van der Waals surface area contributed by atoms with Crippen molar-refractivity contribution in [2.24, 2.45) is 0 Å². The van der Waals surface area contributed by atoms with E-state index in [0.717, 1.165) is 21.4 Å². The lowest BCUT2D eigenvalue weighted by atomic mass is 10.3. The molecule has 0 radical (unpaired) electrons. The van der Waals surface area contributed by atoms with Crippen LogP contribution in [0.15, 0.2) is 21.7 Å². The molecule has 2 rings (SSSR count). The Labute approximate surface area is 120 Å². The predicted molar refractivity (Wildman–Crippen MR) is 79.0 cm³/mol. The number of sulfonamides is 1. The van der Waals surface area contributed by atoms with Crippen molar-refractivity contribution in [3.05, 3.63) is 22.4 Å². The van der Waals surface area contributed by atoms with Crippen LogP contribution < -0.4 is 11.1 Å². The molecule has 0 fully saturated rings. The summed E-state index contributed by atoms with van der Waals surface area (Å²) in [5.41, 5.74) is 6.76. The molecule has 0 unspecified atom stereocenters. The Morgan fingerprint density at radius 3 is 2.79 bits per heavy atom. The fourth-order valence-corrected chi connectivity index (χ4v) is 4.15. The molecule has 0 spiro atoms. The minimum atomic E-state index is -3.59. The van der Waals surface area contributed by atoms with E-state index in [-0.39, 0.29) is 10.7 Å². The molecule has 104 valence electrons. The lowest BCUT2D eigenvalue weighted by Gasteiger charge is -2.12. The molecule has 0 saturated heterocycles. The number of nitrogen functional groups attached to an aromatic ring is 1. The van der Waals surface area contributed by atoms with Crippen molar-refractivity contribution in [3.8, 4) is 0 Å². The number of hydrogen-bond donors (Lipinski definition) is 2. The maximum absolute atomic E-state index is 12.2. The third kappa shape index (κ3) is 2.89. The summed E-state index contributed by atoms with van der Waals surface area (Å²) in [6.45, 7) is 0.543. The van der Waals surface area contributed by atoms with E-state index in [1.807, 2.05) is 16.8 Å². The molecule has 0 bridgehead atoms. The summed E-state index contributed by atoms with van der Waals surface area (Å²) in [6.07, 6.45) is 0. The van der Waals surface area contributed by atoms with Crippen LogP contribution in [-0.2, 0) is 16.6 Å². The van der Waals surface area contributed by atoms with Crippen molar-refractivity contribution in [1.82, 2.24) is 8.68 Å². The number of nitrogens with zero attached hydrogens (tertiary/aromatic N) is 2. The van der Waals surface area contributed by atoms with Crippen LogP contribution in [-0.4, -0.2) is 31.2 Å². The van der Waals surface area contributed by atoms with Gasteiger partial charge < -0.3 is 11.1 Å². The summed E-state index contributed by atoms with van der Waals surface area (Å²) in [6, 6.07) is 1.97. The van der Waals surface area contributed by atoms with E-state index in [4.69, 9.17) is 5.73 Å². The van der Waals surface area contributed by atoms with Gasteiger partial charge in [0.05, 0.1) is 0 Å². The van der Waals surface area contributed by atoms with Gasteiger partial charge in [0.15, 0.2) is 10.7 Å². The molecule has 0 amide bonds. The van der Waals surface area contributed by atoms with Gasteiger partial charge in [0, 0.05) is 20.6 Å². The highest BCUT2D eigenvalue weighted by Gasteiger charge is 2.27. The summed E-state index contributed by atoms with van der Waals surface area (Å²) >= 11 is 2.64. The van der Waals surface area contributed by atoms with Crippen molar-refractivity contribution >= 4 is 43.7 Å². The first-order chi connectivity index (χ1) is 8.93. The van der Waals surface area contributed by atoms with Gasteiger partial charge in [-0.1, -0.05) is 0 Å². The summed E-state index contributed by atoms with van der Waals surface area (Å²) < 4.78 is 29.4. The van der Waals surface area contributed by atoms with Crippen molar-refractivity contribution < 1.29 is 8.42 Å². The smallest absolute Gasteiger partial charge is 0.249 e. The van der Waals surface area contributed by atoms with Crippen LogP contribution in [0.5, 0.6) is 0 Å². The van der Waals surface area contributed by atoms with E-state index in [0.29, 0.717) is 11.5 Å². The maximum Gasteiger partial charge on any atom is 0.249 e. The van der Waals surface area contributed by atoms with E-state index in [1.165, 1.54) is 14.1 Å². The zero-order chi connectivity index (χ0) is 14.0. The zero-order valence-corrected chi connectivity index (χ0v) is 12.9. The van der Waals surface area contributed by atoms with Crippen molar-refractivity contribution in [3.63, 3.8) is 0 Å². The number of aromatic nitrogens is 1. The highest BCUT2D eigenvalue weighted by molar-refractivity contribution is 7.89. The second-order valence-corrected chi connectivity index (χ2v) is 7.64. The molecule has 3 N–H and O–H groups in total. The van der Waals surface area contributed by atoms with Crippen molar-refractivity contribution in [1.29, 1.82) is 0 Å². The minimum Gasteiger partial charge on any atom is -0.382 e. The molecule has 6 nitrogen and oxygen atoms in total. The van der Waals surface area contributed by atoms with E-state index < -0.39 is 10.0 Å². The van der Waals surface area contributed by atoms with Gasteiger partial charge in [-0.15, -0.1) is 0 Å². The van der Waals surface area contributed by atoms with Crippen LogP contribution >= 0.6 is 22.9 Å². The Morgan fingerprint density at radius 1 is 1.47 bits per heavy atom. The quantitative estimate of drug-likeness (QED) is 0.875. The van der Waals surface area contributed by atoms with Gasteiger partial charge in [0.2, 0.25) is 10.0 Å². The zero-order valence-electron chi connectivity index (χ0n) is 10.5. The van der Waals surface area contributed by atoms with Crippen LogP contribution in [0.2, 0.25) is 0 Å². The molecule has 2 aromatic rings. The molecule has 0 aliphatic carbocycles. The predicted octanol–water partition coefficient (Wildman–Crippen LogP) is 1.65. The number of thiophene rings is 1. The Kier molecular flexibility index (Phi) is 4.09. The summed E-state index contributed by atoms with van der Waals surface area (Å²) in [5, 5.41) is 7.51. The first kappa shape index (κ1) is 14.3. The fraction of sp³-hybridized carbons (Fsp3) is 0.300. The first-order valence-corrected chi connectivity index (χ1v) is 8.51. The van der Waals surface area contributed by atoms with Crippen LogP contribution in [0.3, 0.4) is 0 Å². The van der Waals surface area contributed by atoms with Gasteiger partial charge in [-0.25, -0.2) is 12.7 Å². The largest absolute Gasteiger partial charge is 0.382 e. The van der Waals surface area contributed by atoms with Crippen molar-refractivity contribution in [2.45, 2.75) is 11.4 Å². The van der Waals surface area contributed by atoms with Crippen LogP contribution in [0.25, 0.3) is 0 Å². The van der Waals surface area contributed by atoms with Gasteiger partial charge in [0.25, 0.3) is 0 Å². The molecular weight excluding hydrogens is 304 g/mol. The van der Waals surface area contributed by atoms with Gasteiger partial charge >= 0.3 is 0 Å². The highest BCUT2D eigenvalue weighted by atomic mass is 32.2. The molecule has 0 atom stereocenters.